The molecule has 1 unspecified atom stereocenters. The minimum Gasteiger partial charge on any atom is -0.307 e. The van der Waals surface area contributed by atoms with Crippen LogP contribution in [0.4, 0.5) is 4.39 Å². The van der Waals surface area contributed by atoms with E-state index in [0.717, 1.165) is 17.7 Å². The molecule has 0 fully saturated rings. The van der Waals surface area contributed by atoms with Crippen LogP contribution in [0.15, 0.2) is 48.5 Å². The van der Waals surface area contributed by atoms with E-state index in [1.54, 1.807) is 13.0 Å². The normalized spacial score (nSPS) is 12.4. The molecule has 0 bridgehead atoms. The van der Waals surface area contributed by atoms with Crippen LogP contribution in [0.3, 0.4) is 0 Å². The number of halogens is 1. The average Bonchev–Trinajstić information content (AvgIpc) is 2.40. The molecule has 0 aliphatic carbocycles. The Balaban J connectivity index is 2.38. The summed E-state index contributed by atoms with van der Waals surface area (Å²) < 4.78 is 13.7. The van der Waals surface area contributed by atoms with Gasteiger partial charge in [0.15, 0.2) is 0 Å². The summed E-state index contributed by atoms with van der Waals surface area (Å²) >= 11 is 0. The first kappa shape index (κ1) is 12.8. The van der Waals surface area contributed by atoms with Crippen molar-refractivity contribution in [2.24, 2.45) is 0 Å². The summed E-state index contributed by atoms with van der Waals surface area (Å²) in [4.78, 5) is 0. The van der Waals surface area contributed by atoms with Crippen molar-refractivity contribution in [2.75, 3.05) is 6.54 Å². The third kappa shape index (κ3) is 2.77. The quantitative estimate of drug-likeness (QED) is 0.860. The lowest BCUT2D eigenvalue weighted by molar-refractivity contribution is 0.597. The van der Waals surface area contributed by atoms with E-state index >= 15 is 0 Å². The first-order valence-corrected chi connectivity index (χ1v) is 6.26. The Morgan fingerprint density at radius 3 is 2.39 bits per heavy atom. The number of nitrogens with one attached hydrogen (secondary N) is 1. The number of hydrogen-bond acceptors (Lipinski definition) is 1. The van der Waals surface area contributed by atoms with E-state index in [2.05, 4.69) is 24.4 Å². The van der Waals surface area contributed by atoms with E-state index in [9.17, 15) is 4.39 Å². The highest BCUT2D eigenvalue weighted by Crippen LogP contribution is 2.23. The maximum atomic E-state index is 13.7. The average molecular weight is 243 g/mol. The van der Waals surface area contributed by atoms with Crippen LogP contribution in [0.5, 0.6) is 0 Å². The zero-order valence-corrected chi connectivity index (χ0v) is 10.8. The highest BCUT2D eigenvalue weighted by Gasteiger charge is 2.13. The van der Waals surface area contributed by atoms with Gasteiger partial charge in [0.1, 0.15) is 5.82 Å². The van der Waals surface area contributed by atoms with Gasteiger partial charge in [0, 0.05) is 0 Å². The third-order valence-corrected chi connectivity index (χ3v) is 3.07. The molecule has 94 valence electrons. The van der Waals surface area contributed by atoms with Crippen LogP contribution >= 0.6 is 0 Å². The molecule has 1 atom stereocenters. The fraction of sp³-hybridized carbons (Fsp3) is 0.250. The Morgan fingerprint density at radius 1 is 1.06 bits per heavy atom. The summed E-state index contributed by atoms with van der Waals surface area (Å²) in [6.07, 6.45) is 0. The van der Waals surface area contributed by atoms with E-state index in [1.165, 1.54) is 0 Å². The fourth-order valence-corrected chi connectivity index (χ4v) is 2.07. The molecule has 0 aliphatic rings. The summed E-state index contributed by atoms with van der Waals surface area (Å²) in [6.45, 7) is 4.68. The second-order valence-electron chi connectivity index (χ2n) is 4.41. The van der Waals surface area contributed by atoms with E-state index < -0.39 is 0 Å². The van der Waals surface area contributed by atoms with Gasteiger partial charge in [-0.1, -0.05) is 49.4 Å². The summed E-state index contributed by atoms with van der Waals surface area (Å²) in [5, 5.41) is 3.40. The standard InChI is InChI=1S/C16H18FN/c1-3-18-16(13-7-5-4-6-8-13)14-10-9-12(2)15(17)11-14/h4-11,16,18H,3H2,1-2H3. The first-order valence-electron chi connectivity index (χ1n) is 6.26. The summed E-state index contributed by atoms with van der Waals surface area (Å²) in [5.74, 6) is -0.147. The van der Waals surface area contributed by atoms with Crippen LogP contribution < -0.4 is 5.32 Å². The molecule has 2 heteroatoms. The maximum absolute atomic E-state index is 13.7. The van der Waals surface area contributed by atoms with Crippen molar-refractivity contribution >= 4 is 0 Å². The van der Waals surface area contributed by atoms with Crippen molar-refractivity contribution in [1.29, 1.82) is 0 Å². The molecule has 0 amide bonds. The molecule has 0 aliphatic heterocycles. The molecule has 2 aromatic carbocycles. The van der Waals surface area contributed by atoms with Gasteiger partial charge in [0.25, 0.3) is 0 Å². The molecule has 2 rings (SSSR count). The highest BCUT2D eigenvalue weighted by molar-refractivity contribution is 5.33. The second-order valence-corrected chi connectivity index (χ2v) is 4.41. The van der Waals surface area contributed by atoms with Crippen molar-refractivity contribution in [3.8, 4) is 0 Å². The molecular formula is C16H18FN. The monoisotopic (exact) mass is 243 g/mol. The summed E-state index contributed by atoms with van der Waals surface area (Å²) in [7, 11) is 0. The predicted octanol–water partition coefficient (Wildman–Crippen LogP) is 3.83. The molecule has 0 saturated carbocycles. The van der Waals surface area contributed by atoms with E-state index in [-0.39, 0.29) is 11.9 Å². The minimum absolute atomic E-state index is 0.0475. The van der Waals surface area contributed by atoms with Crippen LogP contribution in [-0.4, -0.2) is 6.54 Å². The van der Waals surface area contributed by atoms with Gasteiger partial charge in [0.05, 0.1) is 6.04 Å². The number of rotatable bonds is 4. The topological polar surface area (TPSA) is 12.0 Å². The summed E-state index contributed by atoms with van der Waals surface area (Å²) in [6, 6.07) is 15.6. The minimum atomic E-state index is -0.147. The predicted molar refractivity (Wildman–Crippen MR) is 73.1 cm³/mol. The number of benzene rings is 2. The maximum Gasteiger partial charge on any atom is 0.126 e. The van der Waals surface area contributed by atoms with Crippen molar-refractivity contribution in [1.82, 2.24) is 5.32 Å². The lowest BCUT2D eigenvalue weighted by Gasteiger charge is -2.19. The van der Waals surface area contributed by atoms with Gasteiger partial charge in [-0.15, -0.1) is 0 Å². The molecular weight excluding hydrogens is 225 g/mol. The van der Waals surface area contributed by atoms with Crippen LogP contribution in [0.2, 0.25) is 0 Å². The van der Waals surface area contributed by atoms with Gasteiger partial charge in [-0.3, -0.25) is 0 Å². The fourth-order valence-electron chi connectivity index (χ4n) is 2.07. The Morgan fingerprint density at radius 2 is 1.78 bits per heavy atom. The largest absolute Gasteiger partial charge is 0.307 e. The van der Waals surface area contributed by atoms with Gasteiger partial charge in [-0.2, -0.15) is 0 Å². The Bertz CT molecular complexity index is 508. The van der Waals surface area contributed by atoms with E-state index in [1.807, 2.05) is 30.3 Å². The Labute approximate surface area is 108 Å². The van der Waals surface area contributed by atoms with Gasteiger partial charge in [0.2, 0.25) is 0 Å². The van der Waals surface area contributed by atoms with E-state index in [0.29, 0.717) is 5.56 Å². The molecule has 0 heterocycles. The summed E-state index contributed by atoms with van der Waals surface area (Å²) in [5.41, 5.74) is 2.80. The zero-order chi connectivity index (χ0) is 13.0. The van der Waals surface area contributed by atoms with Crippen molar-refractivity contribution < 1.29 is 4.39 Å². The second kappa shape index (κ2) is 5.78. The lowest BCUT2D eigenvalue weighted by Crippen LogP contribution is -2.22. The molecule has 0 aromatic heterocycles. The Kier molecular flexibility index (Phi) is 4.11. The molecule has 0 spiro atoms. The third-order valence-electron chi connectivity index (χ3n) is 3.07. The van der Waals surface area contributed by atoms with Gasteiger partial charge >= 0.3 is 0 Å². The molecule has 2 aromatic rings. The SMILES string of the molecule is CCNC(c1ccccc1)c1ccc(C)c(F)c1. The highest BCUT2D eigenvalue weighted by atomic mass is 19.1. The van der Waals surface area contributed by atoms with Crippen molar-refractivity contribution in [3.05, 3.63) is 71.0 Å². The smallest absolute Gasteiger partial charge is 0.126 e. The molecule has 0 radical (unpaired) electrons. The van der Waals surface area contributed by atoms with Crippen LogP contribution in [0.25, 0.3) is 0 Å². The van der Waals surface area contributed by atoms with Crippen LogP contribution in [0.1, 0.15) is 29.7 Å². The number of hydrogen-bond donors (Lipinski definition) is 1. The van der Waals surface area contributed by atoms with Gasteiger partial charge in [-0.25, -0.2) is 4.39 Å². The number of aryl methyl sites for hydroxylation is 1. The zero-order valence-electron chi connectivity index (χ0n) is 10.8. The van der Waals surface area contributed by atoms with Crippen molar-refractivity contribution in [3.63, 3.8) is 0 Å². The molecule has 18 heavy (non-hydrogen) atoms. The van der Waals surface area contributed by atoms with Gasteiger partial charge in [-0.05, 0) is 36.2 Å². The molecule has 1 N–H and O–H groups in total. The van der Waals surface area contributed by atoms with Crippen LogP contribution in [-0.2, 0) is 0 Å². The van der Waals surface area contributed by atoms with Crippen molar-refractivity contribution in [2.45, 2.75) is 19.9 Å². The van der Waals surface area contributed by atoms with E-state index in [4.69, 9.17) is 0 Å². The van der Waals surface area contributed by atoms with Crippen LogP contribution in [0, 0.1) is 12.7 Å². The first-order chi connectivity index (χ1) is 8.72. The Hall–Kier alpha value is -1.67. The lowest BCUT2D eigenvalue weighted by atomic mass is 9.97. The molecule has 1 nitrogen and oxygen atoms in total. The molecule has 0 saturated heterocycles. The van der Waals surface area contributed by atoms with Gasteiger partial charge < -0.3 is 5.32 Å².